The van der Waals surface area contributed by atoms with Crippen molar-refractivity contribution in [3.05, 3.63) is 26.6 Å². The summed E-state index contributed by atoms with van der Waals surface area (Å²) in [5.41, 5.74) is -0.0935. The van der Waals surface area contributed by atoms with E-state index in [2.05, 4.69) is 41.3 Å². The number of esters is 2. The maximum atomic E-state index is 12.2. The third kappa shape index (κ3) is 3.74. The zero-order valence-corrected chi connectivity index (χ0v) is 12.0. The van der Waals surface area contributed by atoms with E-state index in [1.165, 1.54) is 12.1 Å². The fourth-order valence-corrected chi connectivity index (χ4v) is 2.36. The maximum Gasteiger partial charge on any atom is 0.387 e. The first-order valence-electron chi connectivity index (χ1n) is 4.48. The lowest BCUT2D eigenvalue weighted by molar-refractivity contribution is -0.135. The lowest BCUT2D eigenvalue weighted by Gasteiger charge is -2.11. The number of hydrogen-bond acceptors (Lipinski definition) is 4. The molecule has 0 unspecified atom stereocenters. The Kier molecular flexibility index (Phi) is 5.21. The minimum atomic E-state index is -3.04. The molecule has 0 N–H and O–H groups in total. The number of carbonyl (C=O) groups is 2. The van der Waals surface area contributed by atoms with Crippen LogP contribution < -0.4 is 4.74 Å². The number of ether oxygens (including phenoxy) is 2. The molecule has 0 atom stereocenters. The van der Waals surface area contributed by atoms with E-state index >= 15 is 0 Å². The predicted octanol–water partition coefficient (Wildman–Crippen LogP) is 3.52. The molecular formula is C10H6Br2F2O4. The molecule has 0 bridgehead atoms. The predicted molar refractivity (Wildman–Crippen MR) is 64.6 cm³/mol. The lowest BCUT2D eigenvalue weighted by Crippen LogP contribution is -2.11. The Balaban J connectivity index is 3.15. The summed E-state index contributed by atoms with van der Waals surface area (Å²) in [7, 11) is 0. The monoisotopic (exact) mass is 386 g/mol. The van der Waals surface area contributed by atoms with Gasteiger partial charge in [0.15, 0.2) is 5.75 Å². The van der Waals surface area contributed by atoms with E-state index < -0.39 is 18.6 Å². The van der Waals surface area contributed by atoms with Crippen LogP contribution in [0.25, 0.3) is 0 Å². The Hall–Kier alpha value is -1.02. The summed E-state index contributed by atoms with van der Waals surface area (Å²) in [6, 6.07) is 2.64. The van der Waals surface area contributed by atoms with Gasteiger partial charge in [-0.1, -0.05) is 0 Å². The summed E-state index contributed by atoms with van der Waals surface area (Å²) < 4.78 is 33.2. The molecule has 0 aromatic heterocycles. The molecule has 0 saturated carbocycles. The van der Waals surface area contributed by atoms with Gasteiger partial charge in [0.2, 0.25) is 0 Å². The Morgan fingerprint density at radius 1 is 1.28 bits per heavy atom. The minimum Gasteiger partial charge on any atom is -0.432 e. The van der Waals surface area contributed by atoms with Crippen molar-refractivity contribution in [1.29, 1.82) is 0 Å². The smallest absolute Gasteiger partial charge is 0.387 e. The Labute approximate surface area is 118 Å². The lowest BCUT2D eigenvalue weighted by atomic mass is 10.2. The first-order valence-corrected chi connectivity index (χ1v) is 6.07. The topological polar surface area (TPSA) is 52.6 Å². The second-order valence-corrected chi connectivity index (χ2v) is 4.64. The second kappa shape index (κ2) is 6.24. The minimum absolute atomic E-state index is 0.0246. The molecule has 4 nitrogen and oxygen atoms in total. The summed E-state index contributed by atoms with van der Waals surface area (Å²) in [5, 5.41) is 0. The highest BCUT2D eigenvalue weighted by Crippen LogP contribution is 2.37. The Morgan fingerprint density at radius 3 is 2.39 bits per heavy atom. The van der Waals surface area contributed by atoms with Gasteiger partial charge in [-0.3, -0.25) is 4.79 Å². The molecule has 0 aliphatic carbocycles. The zero-order valence-electron chi connectivity index (χ0n) is 8.88. The van der Waals surface area contributed by atoms with Crippen molar-refractivity contribution in [2.24, 2.45) is 0 Å². The van der Waals surface area contributed by atoms with Crippen LogP contribution in [0.3, 0.4) is 0 Å². The Morgan fingerprint density at radius 2 is 1.89 bits per heavy atom. The molecule has 0 amide bonds. The van der Waals surface area contributed by atoms with E-state index in [1.807, 2.05) is 0 Å². The van der Waals surface area contributed by atoms with Gasteiger partial charge in [-0.15, -0.1) is 0 Å². The molecular weight excluding hydrogens is 382 g/mol. The van der Waals surface area contributed by atoms with Crippen LogP contribution in [0.5, 0.6) is 5.75 Å². The van der Waals surface area contributed by atoms with E-state index in [0.717, 1.165) is 6.92 Å². The maximum absolute atomic E-state index is 12.2. The fraction of sp³-hybridized carbons (Fsp3) is 0.200. The number of benzene rings is 1. The molecule has 1 aromatic rings. The van der Waals surface area contributed by atoms with Crippen molar-refractivity contribution in [2.75, 3.05) is 0 Å². The van der Waals surface area contributed by atoms with Crippen LogP contribution in [0.15, 0.2) is 21.1 Å². The summed E-state index contributed by atoms with van der Waals surface area (Å²) in [6.45, 7) is -1.99. The van der Waals surface area contributed by atoms with Crippen LogP contribution in [-0.2, 0) is 9.53 Å². The molecule has 0 aliphatic heterocycles. The fourth-order valence-electron chi connectivity index (χ4n) is 1.07. The summed E-state index contributed by atoms with van der Waals surface area (Å²) >= 11 is 5.95. The van der Waals surface area contributed by atoms with Gasteiger partial charge in [0.1, 0.15) is 0 Å². The average Bonchev–Trinajstić information content (AvgIpc) is 2.22. The third-order valence-electron chi connectivity index (χ3n) is 1.71. The van der Waals surface area contributed by atoms with Gasteiger partial charge < -0.3 is 9.47 Å². The van der Waals surface area contributed by atoms with Crippen molar-refractivity contribution in [2.45, 2.75) is 13.5 Å². The molecule has 0 radical (unpaired) electrons. The van der Waals surface area contributed by atoms with E-state index in [-0.39, 0.29) is 20.3 Å². The van der Waals surface area contributed by atoms with Crippen LogP contribution >= 0.6 is 31.9 Å². The SMILES string of the molecule is CC(=O)OC(=O)c1ccc(Br)c(OC(F)F)c1Br. The standard InChI is InChI=1S/C10H6Br2F2O4/c1-4(15)17-9(16)5-2-3-6(11)8(7(5)12)18-10(13)14/h2-3,10H,1H3. The highest BCUT2D eigenvalue weighted by molar-refractivity contribution is 9.11. The van der Waals surface area contributed by atoms with E-state index in [4.69, 9.17) is 0 Å². The van der Waals surface area contributed by atoms with E-state index in [9.17, 15) is 18.4 Å². The highest BCUT2D eigenvalue weighted by Gasteiger charge is 2.21. The van der Waals surface area contributed by atoms with Gasteiger partial charge in [0.05, 0.1) is 14.5 Å². The molecule has 0 heterocycles. The summed E-state index contributed by atoms with van der Waals surface area (Å²) in [4.78, 5) is 22.1. The number of rotatable bonds is 3. The molecule has 0 spiro atoms. The molecule has 0 aliphatic rings. The van der Waals surface area contributed by atoms with Crippen LogP contribution in [-0.4, -0.2) is 18.6 Å². The Bertz CT molecular complexity index is 491. The largest absolute Gasteiger partial charge is 0.432 e. The average molecular weight is 388 g/mol. The van der Waals surface area contributed by atoms with Gasteiger partial charge in [-0.05, 0) is 44.0 Å². The number of alkyl halides is 2. The molecule has 0 saturated heterocycles. The van der Waals surface area contributed by atoms with Crippen LogP contribution in [0, 0.1) is 0 Å². The van der Waals surface area contributed by atoms with Crippen molar-refractivity contribution in [3.8, 4) is 5.75 Å². The van der Waals surface area contributed by atoms with Gasteiger partial charge in [0, 0.05) is 6.92 Å². The van der Waals surface area contributed by atoms with Gasteiger partial charge in [-0.25, -0.2) is 4.79 Å². The van der Waals surface area contributed by atoms with Crippen LogP contribution in [0.1, 0.15) is 17.3 Å². The summed E-state index contributed by atoms with van der Waals surface area (Å²) in [5.74, 6) is -2.00. The first-order chi connectivity index (χ1) is 8.32. The van der Waals surface area contributed by atoms with Gasteiger partial charge in [-0.2, -0.15) is 8.78 Å². The quantitative estimate of drug-likeness (QED) is 0.588. The molecule has 1 aromatic carbocycles. The highest BCUT2D eigenvalue weighted by atomic mass is 79.9. The van der Waals surface area contributed by atoms with Gasteiger partial charge >= 0.3 is 18.6 Å². The van der Waals surface area contributed by atoms with Crippen molar-refractivity contribution in [3.63, 3.8) is 0 Å². The molecule has 0 fully saturated rings. The van der Waals surface area contributed by atoms with Gasteiger partial charge in [0.25, 0.3) is 0 Å². The van der Waals surface area contributed by atoms with E-state index in [1.54, 1.807) is 0 Å². The van der Waals surface area contributed by atoms with Crippen molar-refractivity contribution < 1.29 is 27.8 Å². The number of halogens is 4. The van der Waals surface area contributed by atoms with Crippen molar-refractivity contribution >= 4 is 43.8 Å². The zero-order chi connectivity index (χ0) is 13.9. The first kappa shape index (κ1) is 15.0. The summed E-state index contributed by atoms with van der Waals surface area (Å²) in [6.07, 6.45) is 0. The second-order valence-electron chi connectivity index (χ2n) is 3.00. The van der Waals surface area contributed by atoms with Crippen LogP contribution in [0.2, 0.25) is 0 Å². The molecule has 98 valence electrons. The molecule has 8 heteroatoms. The number of carbonyl (C=O) groups excluding carboxylic acids is 2. The van der Waals surface area contributed by atoms with Crippen LogP contribution in [0.4, 0.5) is 8.78 Å². The number of hydrogen-bond donors (Lipinski definition) is 0. The van der Waals surface area contributed by atoms with Crippen molar-refractivity contribution in [1.82, 2.24) is 0 Å². The molecule has 1 rings (SSSR count). The third-order valence-corrected chi connectivity index (χ3v) is 3.12. The van der Waals surface area contributed by atoms with E-state index in [0.29, 0.717) is 0 Å². The molecule has 18 heavy (non-hydrogen) atoms. The normalized spacial score (nSPS) is 10.3.